The zero-order valence-corrected chi connectivity index (χ0v) is 11.9. The van der Waals surface area contributed by atoms with Crippen LogP contribution in [0.15, 0.2) is 0 Å². The van der Waals surface area contributed by atoms with Crippen molar-refractivity contribution in [1.29, 1.82) is 0 Å². The monoisotopic (exact) mass is 243 g/mol. The molecule has 3 nitrogen and oxygen atoms in total. The first-order chi connectivity index (χ1) is 7.90. The molecule has 0 saturated heterocycles. The fourth-order valence-corrected chi connectivity index (χ4v) is 1.08. The highest BCUT2D eigenvalue weighted by Gasteiger charge is 2.34. The number of carbonyl (C=O) groups excluding carboxylic acids is 1. The lowest BCUT2D eigenvalue weighted by Crippen LogP contribution is -2.51. The van der Waals surface area contributed by atoms with Gasteiger partial charge in [-0.2, -0.15) is 0 Å². The third-order valence-electron chi connectivity index (χ3n) is 2.51. The zero-order chi connectivity index (χ0) is 14.6. The normalized spacial score (nSPS) is 13.4. The highest BCUT2D eigenvalue weighted by molar-refractivity contribution is 6.88. The van der Waals surface area contributed by atoms with Crippen LogP contribution < -0.4 is 0 Å². The van der Waals surface area contributed by atoms with Crippen LogP contribution in [0.3, 0.4) is 0 Å². The van der Waals surface area contributed by atoms with E-state index in [1.54, 1.807) is 13.8 Å². The summed E-state index contributed by atoms with van der Waals surface area (Å²) >= 11 is 0. The first-order valence-corrected chi connectivity index (χ1v) is 5.86. The van der Waals surface area contributed by atoms with Gasteiger partial charge in [0.25, 0.3) is 0 Å². The van der Waals surface area contributed by atoms with Crippen LogP contribution in [-0.2, 0) is 14.3 Å². The molecule has 0 bridgehead atoms. The Morgan fingerprint density at radius 2 is 1.67 bits per heavy atom. The molecule has 0 aromatic heterocycles. The van der Waals surface area contributed by atoms with Crippen LogP contribution in [0, 0.1) is 0 Å². The molecule has 0 rings (SSSR count). The summed E-state index contributed by atoms with van der Waals surface area (Å²) in [6.07, 6.45) is 0.643. The van der Waals surface area contributed by atoms with Crippen LogP contribution in [0.2, 0.25) is 5.31 Å². The predicted octanol–water partition coefficient (Wildman–Crippen LogP) is 0.364. The molecule has 0 atom stereocenters. The van der Waals surface area contributed by atoms with E-state index in [-0.39, 0.29) is 11.0 Å². The minimum Gasteiger partial charge on any atom is -0.405 e. The SMILES string of the molecule is [B]C(C)(C)CCOC(C)(C)C(=O)[B]C([B])([B])OC. The van der Waals surface area contributed by atoms with E-state index >= 15 is 0 Å². The fraction of sp³-hybridized carbons (Fsp3) is 0.909. The van der Waals surface area contributed by atoms with Gasteiger partial charge in [-0.1, -0.05) is 19.2 Å². The Labute approximate surface area is 115 Å². The molecule has 0 N–H and O–H groups in total. The van der Waals surface area contributed by atoms with Gasteiger partial charge >= 0.3 is 0 Å². The number of hydrogen-bond acceptors (Lipinski definition) is 3. The van der Waals surface area contributed by atoms with Crippen LogP contribution in [0.5, 0.6) is 0 Å². The Balaban J connectivity index is 4.32. The molecule has 0 amide bonds. The maximum Gasteiger partial charge on any atom is 0.223 e. The molecule has 7 radical (unpaired) electrons. The van der Waals surface area contributed by atoms with Crippen molar-refractivity contribution < 1.29 is 14.3 Å². The summed E-state index contributed by atoms with van der Waals surface area (Å²) in [5.74, 6) is 0. The van der Waals surface area contributed by atoms with Gasteiger partial charge in [0.2, 0.25) is 7.28 Å². The summed E-state index contributed by atoms with van der Waals surface area (Å²) in [6, 6.07) is 0. The minimum absolute atomic E-state index is 0.329. The third kappa shape index (κ3) is 7.32. The summed E-state index contributed by atoms with van der Waals surface area (Å²) in [5.41, 5.74) is -1.34. The Morgan fingerprint density at radius 3 is 2.06 bits per heavy atom. The third-order valence-corrected chi connectivity index (χ3v) is 2.51. The second kappa shape index (κ2) is 6.33. The van der Waals surface area contributed by atoms with E-state index in [9.17, 15) is 4.79 Å². The van der Waals surface area contributed by atoms with Crippen molar-refractivity contribution in [3.63, 3.8) is 0 Å². The van der Waals surface area contributed by atoms with Crippen molar-refractivity contribution in [2.24, 2.45) is 0 Å². The smallest absolute Gasteiger partial charge is 0.223 e. The number of rotatable bonds is 8. The average Bonchev–Trinajstić information content (AvgIpc) is 2.14. The Hall–Kier alpha value is -0.150. The maximum atomic E-state index is 11.9. The van der Waals surface area contributed by atoms with E-state index < -0.39 is 10.9 Å². The van der Waals surface area contributed by atoms with Gasteiger partial charge in [0.15, 0.2) is 0 Å². The maximum absolute atomic E-state index is 11.9. The summed E-state index contributed by atoms with van der Waals surface area (Å²) in [5, 5.41) is -1.91. The molecule has 18 heavy (non-hydrogen) atoms. The van der Waals surface area contributed by atoms with Crippen molar-refractivity contribution in [3.8, 4) is 0 Å². The molecule has 0 spiro atoms. The zero-order valence-electron chi connectivity index (χ0n) is 11.9. The van der Waals surface area contributed by atoms with Crippen molar-refractivity contribution in [2.45, 2.75) is 50.3 Å². The molecule has 0 aromatic rings. The van der Waals surface area contributed by atoms with E-state index in [4.69, 9.17) is 33.0 Å². The first kappa shape index (κ1) is 17.8. The van der Waals surface area contributed by atoms with Gasteiger partial charge in [0.05, 0.1) is 23.5 Å². The van der Waals surface area contributed by atoms with Gasteiger partial charge in [0.1, 0.15) is 11.3 Å². The summed E-state index contributed by atoms with van der Waals surface area (Å²) < 4.78 is 10.3. The molecule has 0 saturated carbocycles. The van der Waals surface area contributed by atoms with E-state index in [1.165, 1.54) is 7.11 Å². The van der Waals surface area contributed by atoms with E-state index in [1.807, 2.05) is 13.8 Å². The van der Waals surface area contributed by atoms with Crippen molar-refractivity contribution in [1.82, 2.24) is 0 Å². The highest BCUT2D eigenvalue weighted by Crippen LogP contribution is 2.24. The van der Waals surface area contributed by atoms with Gasteiger partial charge in [-0.05, 0) is 25.6 Å². The largest absolute Gasteiger partial charge is 0.405 e. The number of methoxy groups -OCH3 is 1. The minimum atomic E-state index is -1.58. The van der Waals surface area contributed by atoms with Crippen LogP contribution >= 0.6 is 0 Å². The van der Waals surface area contributed by atoms with Crippen LogP contribution in [0.4, 0.5) is 0 Å². The standard InChI is InChI=1S/C11H19B4O3/c1-9(2,12)6-7-18-10(3,4)8(16)15-11(13,14)17-5/h6-7H2,1-5H3. The molecule has 0 aromatic carbocycles. The molecular formula is C11H19B4O3. The lowest BCUT2D eigenvalue weighted by molar-refractivity contribution is -0.132. The van der Waals surface area contributed by atoms with E-state index in [0.29, 0.717) is 13.0 Å². The van der Waals surface area contributed by atoms with Crippen LogP contribution in [0.1, 0.15) is 34.1 Å². The van der Waals surface area contributed by atoms with E-state index in [2.05, 4.69) is 0 Å². The highest BCUT2D eigenvalue weighted by atomic mass is 16.5. The van der Waals surface area contributed by atoms with Gasteiger partial charge < -0.3 is 14.3 Å². The lowest BCUT2D eigenvalue weighted by atomic mass is 9.38. The molecule has 0 aliphatic carbocycles. The Kier molecular flexibility index (Phi) is 6.28. The molecule has 0 fully saturated rings. The molecule has 0 aliphatic rings. The van der Waals surface area contributed by atoms with Crippen molar-refractivity contribution in [2.75, 3.05) is 13.7 Å². The topological polar surface area (TPSA) is 35.5 Å². The van der Waals surface area contributed by atoms with Gasteiger partial charge in [-0.3, -0.25) is 0 Å². The quantitative estimate of drug-likeness (QED) is 0.577. The number of carbonyl (C=O) groups is 1. The molecule has 0 unspecified atom stereocenters. The van der Waals surface area contributed by atoms with Gasteiger partial charge in [0, 0.05) is 13.7 Å². The van der Waals surface area contributed by atoms with Crippen LogP contribution in [0.25, 0.3) is 0 Å². The fourth-order valence-electron chi connectivity index (χ4n) is 1.08. The molecule has 7 heteroatoms. The molecule has 0 aliphatic heterocycles. The van der Waals surface area contributed by atoms with Gasteiger partial charge in [-0.15, -0.1) is 0 Å². The molecular weight excluding hydrogens is 223 g/mol. The summed E-state index contributed by atoms with van der Waals surface area (Å²) in [6.45, 7) is 7.48. The first-order valence-electron chi connectivity index (χ1n) is 5.86. The number of hydrogen-bond donors (Lipinski definition) is 0. The Morgan fingerprint density at radius 1 is 1.17 bits per heavy atom. The second-order valence-corrected chi connectivity index (χ2v) is 5.66. The summed E-state index contributed by atoms with van der Waals surface area (Å²) in [4.78, 5) is 11.9. The predicted molar refractivity (Wildman–Crippen MR) is 76.5 cm³/mol. The van der Waals surface area contributed by atoms with Crippen molar-refractivity contribution in [3.05, 3.63) is 0 Å². The molecule has 0 heterocycles. The summed E-state index contributed by atoms with van der Waals surface area (Å²) in [7, 11) is 19.3. The number of ether oxygens (including phenoxy) is 2. The van der Waals surface area contributed by atoms with Gasteiger partial charge in [-0.25, -0.2) is 0 Å². The Bertz CT molecular complexity index is 285. The van der Waals surface area contributed by atoms with Crippen LogP contribution in [-0.4, -0.2) is 61.1 Å². The van der Waals surface area contributed by atoms with Crippen molar-refractivity contribution >= 4 is 36.5 Å². The lowest BCUT2D eigenvalue weighted by Gasteiger charge is -2.30. The van der Waals surface area contributed by atoms with E-state index in [0.717, 1.165) is 7.28 Å². The molecule has 93 valence electrons. The average molecular weight is 243 g/mol. The second-order valence-electron chi connectivity index (χ2n) is 5.66.